The highest BCUT2D eigenvalue weighted by Crippen LogP contribution is 2.36. The Balaban J connectivity index is 1.71. The molecule has 0 unspecified atom stereocenters. The minimum absolute atomic E-state index is 0.137. The van der Waals surface area contributed by atoms with E-state index in [4.69, 9.17) is 6.57 Å². The smallest absolute Gasteiger partial charge is 0.205 e. The molecule has 33 heavy (non-hydrogen) atoms. The molecule has 2 aromatic rings. The summed E-state index contributed by atoms with van der Waals surface area (Å²) in [6.07, 6.45) is 2.64. The van der Waals surface area contributed by atoms with Crippen molar-refractivity contribution in [2.45, 2.75) is 31.7 Å². The van der Waals surface area contributed by atoms with Gasteiger partial charge in [0.05, 0.1) is 25.3 Å². The number of alkyl halides is 1. The third-order valence-corrected chi connectivity index (χ3v) is 8.22. The summed E-state index contributed by atoms with van der Waals surface area (Å²) in [7, 11) is -3.01. The van der Waals surface area contributed by atoms with Crippen molar-refractivity contribution in [2.24, 2.45) is 9.36 Å². The molecule has 0 N–H and O–H groups in total. The summed E-state index contributed by atoms with van der Waals surface area (Å²) in [6, 6.07) is 5.38. The van der Waals surface area contributed by atoms with E-state index in [0.717, 1.165) is 18.9 Å². The van der Waals surface area contributed by atoms with Gasteiger partial charge in [0.2, 0.25) is 5.69 Å². The van der Waals surface area contributed by atoms with Crippen LogP contribution in [0, 0.1) is 12.4 Å². The number of hydrogen-bond acceptors (Lipinski definition) is 6. The highest BCUT2D eigenvalue weighted by molar-refractivity contribution is 7.92. The van der Waals surface area contributed by atoms with E-state index in [1.165, 1.54) is 24.4 Å². The third-order valence-electron chi connectivity index (χ3n) is 5.64. The Bertz CT molecular complexity index is 1280. The number of aromatic nitrogens is 2. The van der Waals surface area contributed by atoms with Crippen molar-refractivity contribution < 1.29 is 17.8 Å². The van der Waals surface area contributed by atoms with Gasteiger partial charge in [0.25, 0.3) is 0 Å². The molecule has 0 aliphatic carbocycles. The minimum Gasteiger partial charge on any atom is -0.292 e. The molecule has 0 bridgehead atoms. The number of hydrogen-bond donors (Lipinski definition) is 0. The lowest BCUT2D eigenvalue weighted by molar-refractivity contribution is 0.0987. The second-order valence-electron chi connectivity index (χ2n) is 7.98. The fourth-order valence-electron chi connectivity index (χ4n) is 4.02. The lowest BCUT2D eigenvalue weighted by Gasteiger charge is -2.39. The number of carbonyl (C=O) groups excluding carboxylic acids is 1. The van der Waals surface area contributed by atoms with Gasteiger partial charge in [0.1, 0.15) is 45.2 Å². The Morgan fingerprint density at radius 2 is 2.12 bits per heavy atom. The second kappa shape index (κ2) is 8.94. The molecular weight excluding hydrogens is 450 g/mol. The SMILES string of the molecule is [C-]#[N+]c1ccc(C(=O)Cc2ccc(F)c([C@]3(CF)C[S@@]4(=O)=NCCCCN4C(C)=N3)n2)nc1. The molecule has 0 saturated heterocycles. The van der Waals surface area contributed by atoms with Crippen molar-refractivity contribution in [1.82, 2.24) is 14.3 Å². The standard InChI is InChI=1S/C22H22F2N6O2S/c1-15-29-22(13-23,14-33(32)27-9-3-4-10-30(15)33)21-18(24)7-5-16(28-21)11-20(31)19-8-6-17(25-2)12-26-19/h5-8,12H,3-4,9-11,13-14H2,1H3/t22-,33+/m0/s1. The Morgan fingerprint density at radius 1 is 1.30 bits per heavy atom. The molecule has 4 heterocycles. The summed E-state index contributed by atoms with van der Waals surface area (Å²) in [5.74, 6) is -1.15. The summed E-state index contributed by atoms with van der Waals surface area (Å²) >= 11 is 0. The maximum absolute atomic E-state index is 14.9. The molecule has 0 aromatic carbocycles. The van der Waals surface area contributed by atoms with E-state index in [2.05, 4.69) is 24.2 Å². The van der Waals surface area contributed by atoms with E-state index >= 15 is 0 Å². The van der Waals surface area contributed by atoms with Crippen molar-refractivity contribution in [2.75, 3.05) is 25.5 Å². The number of rotatable bonds is 5. The number of carbonyl (C=O) groups is 1. The zero-order chi connectivity index (χ0) is 23.6. The van der Waals surface area contributed by atoms with Gasteiger partial charge in [-0.2, -0.15) is 0 Å². The quantitative estimate of drug-likeness (QED) is 0.490. The fourth-order valence-corrected chi connectivity index (χ4v) is 6.59. The molecule has 2 aromatic heterocycles. The molecule has 0 amide bonds. The maximum atomic E-state index is 14.9. The molecule has 2 aliphatic rings. The van der Waals surface area contributed by atoms with Gasteiger partial charge in [-0.15, -0.1) is 0 Å². The average Bonchev–Trinajstić information content (AvgIpc) is 3.01. The summed E-state index contributed by atoms with van der Waals surface area (Å²) in [5, 5.41) is 0. The first-order valence-electron chi connectivity index (χ1n) is 10.4. The number of pyridine rings is 2. The van der Waals surface area contributed by atoms with Crippen LogP contribution in [0.1, 0.15) is 41.6 Å². The van der Waals surface area contributed by atoms with Gasteiger partial charge in [0, 0.05) is 18.4 Å². The number of aliphatic imine (C=N–C) groups is 1. The topological polar surface area (TPSA) is 92.2 Å². The Morgan fingerprint density at radius 3 is 2.82 bits per heavy atom. The zero-order valence-corrected chi connectivity index (χ0v) is 18.8. The van der Waals surface area contributed by atoms with Crippen molar-refractivity contribution in [1.29, 1.82) is 0 Å². The van der Waals surface area contributed by atoms with Crippen LogP contribution in [0.15, 0.2) is 39.8 Å². The first-order valence-corrected chi connectivity index (χ1v) is 12.1. The van der Waals surface area contributed by atoms with Crippen molar-refractivity contribution >= 4 is 27.2 Å². The summed E-state index contributed by atoms with van der Waals surface area (Å²) < 4.78 is 49.0. The monoisotopic (exact) mass is 472 g/mol. The van der Waals surface area contributed by atoms with E-state index in [9.17, 15) is 17.8 Å². The predicted octanol–water partition coefficient (Wildman–Crippen LogP) is 3.67. The van der Waals surface area contributed by atoms with Crippen LogP contribution in [0.4, 0.5) is 14.5 Å². The van der Waals surface area contributed by atoms with Crippen LogP contribution in [-0.4, -0.2) is 55.6 Å². The molecule has 4 rings (SSSR count). The van der Waals surface area contributed by atoms with Crippen LogP contribution < -0.4 is 0 Å². The molecule has 8 nitrogen and oxygen atoms in total. The third kappa shape index (κ3) is 4.35. The molecular formula is C22H22F2N6O2S. The average molecular weight is 473 g/mol. The van der Waals surface area contributed by atoms with Gasteiger partial charge in [-0.1, -0.05) is 6.07 Å². The van der Waals surface area contributed by atoms with Gasteiger partial charge < -0.3 is 0 Å². The van der Waals surface area contributed by atoms with Crippen LogP contribution in [-0.2, 0) is 21.9 Å². The number of fused-ring (bicyclic) bond motifs is 1. The number of nitrogens with zero attached hydrogens (tertiary/aromatic N) is 6. The van der Waals surface area contributed by atoms with E-state index in [0.29, 0.717) is 24.6 Å². The molecule has 0 saturated carbocycles. The molecule has 172 valence electrons. The van der Waals surface area contributed by atoms with Crippen LogP contribution in [0.5, 0.6) is 0 Å². The van der Waals surface area contributed by atoms with Gasteiger partial charge in [0.15, 0.2) is 5.78 Å². The lowest BCUT2D eigenvalue weighted by Crippen LogP contribution is -2.50. The van der Waals surface area contributed by atoms with Crippen molar-refractivity contribution in [3.8, 4) is 0 Å². The second-order valence-corrected chi connectivity index (χ2v) is 10.2. The van der Waals surface area contributed by atoms with Gasteiger partial charge in [-0.25, -0.2) is 22.2 Å². The number of Topliss-reactive ketones (excluding diaryl/α,β-unsaturated/α-hetero) is 1. The Kier molecular flexibility index (Phi) is 6.21. The first-order chi connectivity index (χ1) is 15.8. The van der Waals surface area contributed by atoms with E-state index < -0.39 is 27.9 Å². The number of amidine groups is 1. The summed E-state index contributed by atoms with van der Waals surface area (Å²) in [5.41, 5.74) is -1.42. The highest BCUT2D eigenvalue weighted by atomic mass is 32.2. The predicted molar refractivity (Wildman–Crippen MR) is 120 cm³/mol. The number of ketones is 1. The molecule has 0 spiro atoms. The normalized spacial score (nSPS) is 24.7. The van der Waals surface area contributed by atoms with Gasteiger partial charge in [-0.3, -0.25) is 24.1 Å². The van der Waals surface area contributed by atoms with Crippen molar-refractivity contribution in [3.05, 3.63) is 64.8 Å². The van der Waals surface area contributed by atoms with Gasteiger partial charge in [-0.05, 0) is 38.0 Å². The van der Waals surface area contributed by atoms with Crippen LogP contribution in [0.25, 0.3) is 4.85 Å². The largest absolute Gasteiger partial charge is 0.292 e. The fraction of sp³-hybridized carbons (Fsp3) is 0.409. The lowest BCUT2D eigenvalue weighted by atomic mass is 9.97. The van der Waals surface area contributed by atoms with Crippen molar-refractivity contribution in [3.63, 3.8) is 0 Å². The molecule has 0 fully saturated rings. The van der Waals surface area contributed by atoms with E-state index in [1.807, 2.05) is 0 Å². The highest BCUT2D eigenvalue weighted by Gasteiger charge is 2.46. The molecule has 0 radical (unpaired) electrons. The minimum atomic E-state index is -3.01. The zero-order valence-electron chi connectivity index (χ0n) is 18.0. The Hall–Kier alpha value is -3.26. The summed E-state index contributed by atoms with van der Waals surface area (Å²) in [4.78, 5) is 28.5. The van der Waals surface area contributed by atoms with E-state index in [-0.39, 0.29) is 35.0 Å². The number of halogens is 2. The maximum Gasteiger partial charge on any atom is 0.205 e. The van der Waals surface area contributed by atoms with Crippen LogP contribution in [0.3, 0.4) is 0 Å². The van der Waals surface area contributed by atoms with Crippen LogP contribution in [0.2, 0.25) is 0 Å². The molecule has 2 aliphatic heterocycles. The summed E-state index contributed by atoms with van der Waals surface area (Å²) in [6.45, 7) is 8.35. The van der Waals surface area contributed by atoms with E-state index in [1.54, 1.807) is 11.2 Å². The molecule has 2 atom stereocenters. The van der Waals surface area contributed by atoms with Gasteiger partial charge >= 0.3 is 0 Å². The molecule has 11 heteroatoms. The first kappa shape index (κ1) is 22.9. The Labute approximate surface area is 190 Å². The van der Waals surface area contributed by atoms with Crippen LogP contribution >= 0.6 is 0 Å².